The lowest BCUT2D eigenvalue weighted by atomic mass is 9.85. The highest BCUT2D eigenvalue weighted by atomic mass is 79.9. The van der Waals surface area contributed by atoms with Crippen molar-refractivity contribution in [1.82, 2.24) is 15.5 Å². The Morgan fingerprint density at radius 1 is 1.36 bits per heavy atom. The summed E-state index contributed by atoms with van der Waals surface area (Å²) in [5.41, 5.74) is 1.26. The van der Waals surface area contributed by atoms with Crippen molar-refractivity contribution in [2.45, 2.75) is 45.1 Å². The molecule has 138 valence electrons. The smallest absolute Gasteiger partial charge is 0.222 e. The molecule has 1 heterocycles. The van der Waals surface area contributed by atoms with E-state index in [9.17, 15) is 4.79 Å². The molecule has 0 aromatic heterocycles. The van der Waals surface area contributed by atoms with Crippen LogP contribution in [0.15, 0.2) is 33.7 Å². The molecule has 1 unspecified atom stereocenters. The van der Waals surface area contributed by atoms with Gasteiger partial charge in [-0.05, 0) is 24.1 Å². The second kappa shape index (κ2) is 8.70. The van der Waals surface area contributed by atoms with E-state index in [0.717, 1.165) is 36.5 Å². The van der Waals surface area contributed by atoms with Gasteiger partial charge in [-0.25, -0.2) is 0 Å². The van der Waals surface area contributed by atoms with Crippen LogP contribution in [0.2, 0.25) is 0 Å². The van der Waals surface area contributed by atoms with E-state index in [1.807, 2.05) is 11.8 Å². The molecule has 1 aliphatic heterocycles. The summed E-state index contributed by atoms with van der Waals surface area (Å²) < 4.78 is 1.09. The first-order valence-electron chi connectivity index (χ1n) is 8.86. The number of guanidine groups is 1. The minimum Gasteiger partial charge on any atom is -0.356 e. The molecule has 5 nitrogen and oxygen atoms in total. The second-order valence-electron chi connectivity index (χ2n) is 7.14. The van der Waals surface area contributed by atoms with Crippen molar-refractivity contribution in [3.8, 4) is 0 Å². The van der Waals surface area contributed by atoms with Gasteiger partial charge in [0.2, 0.25) is 5.91 Å². The van der Waals surface area contributed by atoms with Crippen LogP contribution in [-0.2, 0) is 10.2 Å². The molecule has 0 aliphatic carbocycles. The van der Waals surface area contributed by atoms with Crippen molar-refractivity contribution >= 4 is 27.8 Å². The Labute approximate surface area is 159 Å². The first kappa shape index (κ1) is 19.8. The summed E-state index contributed by atoms with van der Waals surface area (Å²) in [5.74, 6) is 1.02. The molecule has 1 atom stereocenters. The van der Waals surface area contributed by atoms with E-state index in [4.69, 9.17) is 0 Å². The molecular weight excluding hydrogens is 380 g/mol. The average Bonchev–Trinajstić information content (AvgIpc) is 3.06. The number of amides is 1. The maximum absolute atomic E-state index is 11.8. The highest BCUT2D eigenvalue weighted by molar-refractivity contribution is 9.10. The fourth-order valence-corrected chi connectivity index (χ4v) is 3.29. The normalized spacial score (nSPS) is 18.4. The van der Waals surface area contributed by atoms with Gasteiger partial charge in [0.1, 0.15) is 0 Å². The first-order valence-corrected chi connectivity index (χ1v) is 9.66. The van der Waals surface area contributed by atoms with Crippen molar-refractivity contribution < 1.29 is 4.79 Å². The van der Waals surface area contributed by atoms with E-state index in [2.05, 4.69) is 69.7 Å². The Hall–Kier alpha value is -1.56. The zero-order chi connectivity index (χ0) is 18.4. The van der Waals surface area contributed by atoms with Crippen LogP contribution in [0.1, 0.15) is 39.2 Å². The summed E-state index contributed by atoms with van der Waals surface area (Å²) in [6.07, 6.45) is 1.53. The number of nitrogens with one attached hydrogen (secondary N) is 2. The third-order valence-corrected chi connectivity index (χ3v) is 5.26. The monoisotopic (exact) mass is 408 g/mol. The summed E-state index contributed by atoms with van der Waals surface area (Å²) in [5, 5.41) is 6.88. The van der Waals surface area contributed by atoms with Crippen LogP contribution in [0.25, 0.3) is 0 Å². The molecule has 1 fully saturated rings. The largest absolute Gasteiger partial charge is 0.356 e. The Bertz CT molecular complexity index is 612. The third kappa shape index (κ3) is 5.46. The predicted molar refractivity (Wildman–Crippen MR) is 107 cm³/mol. The van der Waals surface area contributed by atoms with Gasteiger partial charge < -0.3 is 15.5 Å². The van der Waals surface area contributed by atoms with Crippen molar-refractivity contribution in [2.75, 3.05) is 26.7 Å². The molecule has 25 heavy (non-hydrogen) atoms. The highest BCUT2D eigenvalue weighted by Crippen LogP contribution is 2.24. The molecule has 1 saturated heterocycles. The molecule has 0 bridgehead atoms. The summed E-state index contributed by atoms with van der Waals surface area (Å²) >= 11 is 3.48. The van der Waals surface area contributed by atoms with E-state index in [1.54, 1.807) is 7.05 Å². The Morgan fingerprint density at radius 3 is 2.64 bits per heavy atom. The second-order valence-corrected chi connectivity index (χ2v) is 8.06. The summed E-state index contributed by atoms with van der Waals surface area (Å²) in [4.78, 5) is 18.1. The third-order valence-electron chi connectivity index (χ3n) is 4.73. The zero-order valence-corrected chi connectivity index (χ0v) is 17.2. The Balaban J connectivity index is 1.88. The van der Waals surface area contributed by atoms with E-state index in [1.165, 1.54) is 5.56 Å². The predicted octanol–water partition coefficient (Wildman–Crippen LogP) is 2.90. The summed E-state index contributed by atoms with van der Waals surface area (Å²) in [6.45, 7) is 8.70. The molecule has 6 heteroatoms. The number of hydrogen-bond donors (Lipinski definition) is 2. The molecule has 1 amide bonds. The Kier molecular flexibility index (Phi) is 6.87. The van der Waals surface area contributed by atoms with Crippen LogP contribution in [-0.4, -0.2) is 49.5 Å². The number of hydrogen-bond acceptors (Lipinski definition) is 2. The molecule has 1 aliphatic rings. The standard InChI is InChI=1S/C19H29BrN4O/c1-5-17(25)24-11-10-16(12-24)23-18(21-4)22-13-19(2,3)14-6-8-15(20)9-7-14/h6-9,16H,5,10-13H2,1-4H3,(H2,21,22,23). The van der Waals surface area contributed by atoms with Crippen LogP contribution in [0, 0.1) is 0 Å². The number of carbonyl (C=O) groups excluding carboxylic acids is 1. The van der Waals surface area contributed by atoms with E-state index < -0.39 is 0 Å². The van der Waals surface area contributed by atoms with Gasteiger partial charge in [0.05, 0.1) is 0 Å². The van der Waals surface area contributed by atoms with Crippen molar-refractivity contribution in [3.63, 3.8) is 0 Å². The lowest BCUT2D eigenvalue weighted by Crippen LogP contribution is -2.48. The van der Waals surface area contributed by atoms with Crippen LogP contribution >= 0.6 is 15.9 Å². The SMILES string of the molecule is CCC(=O)N1CCC(NC(=NC)NCC(C)(C)c2ccc(Br)cc2)C1. The van der Waals surface area contributed by atoms with Crippen LogP contribution in [0.4, 0.5) is 0 Å². The fraction of sp³-hybridized carbons (Fsp3) is 0.579. The first-order chi connectivity index (χ1) is 11.9. The number of halogens is 1. The highest BCUT2D eigenvalue weighted by Gasteiger charge is 2.26. The molecule has 0 saturated carbocycles. The minimum atomic E-state index is -0.0157. The van der Waals surface area contributed by atoms with Gasteiger partial charge in [-0.1, -0.05) is 48.8 Å². The molecule has 2 rings (SSSR count). The molecule has 0 radical (unpaired) electrons. The molecule has 2 N–H and O–H groups in total. The lowest BCUT2D eigenvalue weighted by Gasteiger charge is -2.27. The number of carbonyl (C=O) groups is 1. The van der Waals surface area contributed by atoms with E-state index in [-0.39, 0.29) is 17.4 Å². The van der Waals surface area contributed by atoms with Crippen molar-refractivity contribution in [1.29, 1.82) is 0 Å². The fourth-order valence-electron chi connectivity index (χ4n) is 3.02. The van der Waals surface area contributed by atoms with E-state index in [0.29, 0.717) is 6.42 Å². The van der Waals surface area contributed by atoms with Gasteiger partial charge in [0.25, 0.3) is 0 Å². The lowest BCUT2D eigenvalue weighted by molar-refractivity contribution is -0.129. The average molecular weight is 409 g/mol. The van der Waals surface area contributed by atoms with Gasteiger partial charge in [0.15, 0.2) is 5.96 Å². The molecule has 1 aromatic rings. The molecule has 0 spiro atoms. The topological polar surface area (TPSA) is 56.7 Å². The van der Waals surface area contributed by atoms with Gasteiger partial charge in [-0.2, -0.15) is 0 Å². The quantitative estimate of drug-likeness (QED) is 0.581. The maximum Gasteiger partial charge on any atom is 0.222 e. The van der Waals surface area contributed by atoms with Gasteiger partial charge in [-0.15, -0.1) is 0 Å². The summed E-state index contributed by atoms with van der Waals surface area (Å²) in [7, 11) is 1.78. The van der Waals surface area contributed by atoms with Crippen LogP contribution in [0.3, 0.4) is 0 Å². The number of aliphatic imine (C=N–C) groups is 1. The van der Waals surface area contributed by atoms with Crippen molar-refractivity contribution in [3.05, 3.63) is 34.3 Å². The number of likely N-dealkylation sites (tertiary alicyclic amines) is 1. The summed E-state index contributed by atoms with van der Waals surface area (Å²) in [6, 6.07) is 8.70. The number of benzene rings is 1. The van der Waals surface area contributed by atoms with Crippen LogP contribution in [0.5, 0.6) is 0 Å². The van der Waals surface area contributed by atoms with E-state index >= 15 is 0 Å². The van der Waals surface area contributed by atoms with Crippen molar-refractivity contribution in [2.24, 2.45) is 4.99 Å². The molecule has 1 aromatic carbocycles. The zero-order valence-electron chi connectivity index (χ0n) is 15.6. The molecular formula is C19H29BrN4O. The minimum absolute atomic E-state index is 0.0157. The number of rotatable bonds is 5. The van der Waals surface area contributed by atoms with Gasteiger partial charge in [-0.3, -0.25) is 9.79 Å². The van der Waals surface area contributed by atoms with Gasteiger partial charge in [0, 0.05) is 49.0 Å². The van der Waals surface area contributed by atoms with Gasteiger partial charge >= 0.3 is 0 Å². The van der Waals surface area contributed by atoms with Crippen LogP contribution < -0.4 is 10.6 Å². The Morgan fingerprint density at radius 2 is 2.04 bits per heavy atom. The maximum atomic E-state index is 11.8. The number of nitrogens with zero attached hydrogens (tertiary/aromatic N) is 2.